The zero-order chi connectivity index (χ0) is 13.0. The molecular weight excluding hydrogens is 230 g/mol. The predicted octanol–water partition coefficient (Wildman–Crippen LogP) is 0.209. The van der Waals surface area contributed by atoms with Gasteiger partial charge in [-0.05, 0) is 32.4 Å². The van der Waals surface area contributed by atoms with Crippen molar-refractivity contribution < 1.29 is 9.59 Å². The van der Waals surface area contributed by atoms with E-state index < -0.39 is 0 Å². The molecule has 0 bridgehead atoms. The molecule has 1 unspecified atom stereocenters. The second kappa shape index (κ2) is 6.18. The number of piperidine rings is 1. The normalized spacial score (nSPS) is 24.9. The Balaban J connectivity index is 1.71. The summed E-state index contributed by atoms with van der Waals surface area (Å²) in [7, 11) is 1.83. The highest BCUT2D eigenvalue weighted by Crippen LogP contribution is 2.10. The molecule has 2 heterocycles. The third-order valence-corrected chi connectivity index (χ3v) is 3.87. The summed E-state index contributed by atoms with van der Waals surface area (Å²) < 4.78 is 0. The van der Waals surface area contributed by atoms with E-state index in [1.807, 2.05) is 7.05 Å². The van der Waals surface area contributed by atoms with E-state index in [0.29, 0.717) is 12.8 Å². The molecule has 1 atom stereocenters. The largest absolute Gasteiger partial charge is 0.344 e. The van der Waals surface area contributed by atoms with E-state index in [2.05, 4.69) is 10.2 Å². The van der Waals surface area contributed by atoms with E-state index in [4.69, 9.17) is 0 Å². The van der Waals surface area contributed by atoms with E-state index in [1.54, 1.807) is 4.90 Å². The van der Waals surface area contributed by atoms with E-state index in [-0.39, 0.29) is 17.9 Å². The van der Waals surface area contributed by atoms with Crippen molar-refractivity contribution in [3.05, 3.63) is 0 Å². The zero-order valence-electron chi connectivity index (χ0n) is 11.2. The van der Waals surface area contributed by atoms with Crippen LogP contribution in [-0.2, 0) is 9.59 Å². The van der Waals surface area contributed by atoms with Crippen LogP contribution in [0.5, 0.6) is 0 Å². The molecule has 1 N–H and O–H groups in total. The maximum Gasteiger partial charge on any atom is 0.244 e. The lowest BCUT2D eigenvalue weighted by Gasteiger charge is -2.29. The molecule has 0 aromatic rings. The Bertz CT molecular complexity index is 313. The lowest BCUT2D eigenvalue weighted by molar-refractivity contribution is -0.133. The van der Waals surface area contributed by atoms with Gasteiger partial charge in [-0.1, -0.05) is 6.42 Å². The SMILES string of the molecule is CN(CCN1CCCCC1)C(=O)C1CCC(=O)N1. The van der Waals surface area contributed by atoms with Gasteiger partial charge in [-0.3, -0.25) is 9.59 Å². The van der Waals surface area contributed by atoms with Gasteiger partial charge >= 0.3 is 0 Å². The van der Waals surface area contributed by atoms with Crippen LogP contribution in [0, 0.1) is 0 Å². The highest BCUT2D eigenvalue weighted by atomic mass is 16.2. The number of hydrogen-bond acceptors (Lipinski definition) is 3. The van der Waals surface area contributed by atoms with Crippen LogP contribution in [0.2, 0.25) is 0 Å². The Kier molecular flexibility index (Phi) is 4.58. The molecule has 0 spiro atoms. The first-order chi connectivity index (χ1) is 8.66. The minimum absolute atomic E-state index is 0.00206. The van der Waals surface area contributed by atoms with Crippen LogP contribution in [0.25, 0.3) is 0 Å². The molecule has 0 aliphatic carbocycles. The average Bonchev–Trinajstić information content (AvgIpc) is 2.83. The molecule has 0 radical (unpaired) electrons. The topological polar surface area (TPSA) is 52.7 Å². The molecule has 5 nitrogen and oxygen atoms in total. The maximum absolute atomic E-state index is 12.1. The fraction of sp³-hybridized carbons (Fsp3) is 0.846. The summed E-state index contributed by atoms with van der Waals surface area (Å²) in [5.74, 6) is 0.0515. The minimum Gasteiger partial charge on any atom is -0.344 e. The van der Waals surface area contributed by atoms with Crippen molar-refractivity contribution in [3.63, 3.8) is 0 Å². The van der Waals surface area contributed by atoms with Gasteiger partial charge in [0.2, 0.25) is 11.8 Å². The Hall–Kier alpha value is -1.10. The van der Waals surface area contributed by atoms with Gasteiger partial charge in [0.25, 0.3) is 0 Å². The average molecular weight is 253 g/mol. The summed E-state index contributed by atoms with van der Waals surface area (Å²) in [5, 5.41) is 2.73. The smallest absolute Gasteiger partial charge is 0.244 e. The molecule has 0 saturated carbocycles. The number of nitrogens with zero attached hydrogens (tertiary/aromatic N) is 2. The zero-order valence-corrected chi connectivity index (χ0v) is 11.2. The quantitative estimate of drug-likeness (QED) is 0.779. The number of likely N-dealkylation sites (tertiary alicyclic amines) is 1. The fourth-order valence-corrected chi connectivity index (χ4v) is 2.65. The standard InChI is InChI=1S/C13H23N3O2/c1-15(9-10-16-7-3-2-4-8-16)13(18)11-5-6-12(17)14-11/h11H,2-10H2,1H3,(H,14,17). The van der Waals surface area contributed by atoms with Gasteiger partial charge in [-0.2, -0.15) is 0 Å². The number of nitrogens with one attached hydrogen (secondary N) is 1. The fourth-order valence-electron chi connectivity index (χ4n) is 2.65. The second-order valence-electron chi connectivity index (χ2n) is 5.32. The van der Waals surface area contributed by atoms with Crippen molar-refractivity contribution in [2.75, 3.05) is 33.2 Å². The summed E-state index contributed by atoms with van der Waals surface area (Å²) in [6.07, 6.45) is 5.01. The number of hydrogen-bond donors (Lipinski definition) is 1. The van der Waals surface area contributed by atoms with Crippen LogP contribution >= 0.6 is 0 Å². The Morgan fingerprint density at radius 3 is 2.72 bits per heavy atom. The second-order valence-corrected chi connectivity index (χ2v) is 5.32. The van der Waals surface area contributed by atoms with Gasteiger partial charge in [0.15, 0.2) is 0 Å². The van der Waals surface area contributed by atoms with Crippen LogP contribution in [0.4, 0.5) is 0 Å². The van der Waals surface area contributed by atoms with Crippen molar-refractivity contribution in [2.24, 2.45) is 0 Å². The molecule has 2 amide bonds. The number of amides is 2. The Morgan fingerprint density at radius 1 is 1.39 bits per heavy atom. The molecule has 2 aliphatic heterocycles. The van der Waals surface area contributed by atoms with Crippen molar-refractivity contribution >= 4 is 11.8 Å². The van der Waals surface area contributed by atoms with E-state index in [0.717, 1.165) is 26.2 Å². The Morgan fingerprint density at radius 2 is 2.11 bits per heavy atom. The van der Waals surface area contributed by atoms with Crippen LogP contribution in [0.15, 0.2) is 0 Å². The van der Waals surface area contributed by atoms with Gasteiger partial charge < -0.3 is 15.1 Å². The molecule has 2 saturated heterocycles. The van der Waals surface area contributed by atoms with Gasteiger partial charge in [0.05, 0.1) is 0 Å². The lowest BCUT2D eigenvalue weighted by Crippen LogP contribution is -2.45. The first-order valence-electron chi connectivity index (χ1n) is 6.93. The van der Waals surface area contributed by atoms with Crippen LogP contribution < -0.4 is 5.32 Å². The summed E-state index contributed by atoms with van der Waals surface area (Å²) in [6, 6.07) is -0.288. The summed E-state index contributed by atoms with van der Waals surface area (Å²) in [4.78, 5) is 27.3. The van der Waals surface area contributed by atoms with E-state index >= 15 is 0 Å². The van der Waals surface area contributed by atoms with Crippen molar-refractivity contribution in [3.8, 4) is 0 Å². The minimum atomic E-state index is -0.288. The van der Waals surface area contributed by atoms with Crippen LogP contribution in [0.1, 0.15) is 32.1 Å². The summed E-state index contributed by atoms with van der Waals surface area (Å²) in [6.45, 7) is 4.01. The highest BCUT2D eigenvalue weighted by Gasteiger charge is 2.29. The van der Waals surface area contributed by atoms with Crippen molar-refractivity contribution in [2.45, 2.75) is 38.1 Å². The van der Waals surface area contributed by atoms with Crippen LogP contribution in [0.3, 0.4) is 0 Å². The molecule has 0 aromatic carbocycles. The predicted molar refractivity (Wildman–Crippen MR) is 69.1 cm³/mol. The monoisotopic (exact) mass is 253 g/mol. The van der Waals surface area contributed by atoms with Crippen molar-refractivity contribution in [1.82, 2.24) is 15.1 Å². The molecule has 2 aliphatic rings. The van der Waals surface area contributed by atoms with Gasteiger partial charge in [-0.15, -0.1) is 0 Å². The Labute approximate surface area is 108 Å². The van der Waals surface area contributed by atoms with E-state index in [1.165, 1.54) is 19.3 Å². The third-order valence-electron chi connectivity index (χ3n) is 3.87. The molecular formula is C13H23N3O2. The number of carbonyl (C=O) groups excluding carboxylic acids is 2. The molecule has 18 heavy (non-hydrogen) atoms. The number of carbonyl (C=O) groups is 2. The van der Waals surface area contributed by atoms with Crippen LogP contribution in [-0.4, -0.2) is 60.9 Å². The van der Waals surface area contributed by atoms with Gasteiger partial charge in [0.1, 0.15) is 6.04 Å². The molecule has 2 fully saturated rings. The third kappa shape index (κ3) is 3.45. The van der Waals surface area contributed by atoms with Crippen molar-refractivity contribution in [1.29, 1.82) is 0 Å². The molecule has 2 rings (SSSR count). The van der Waals surface area contributed by atoms with Gasteiger partial charge in [0, 0.05) is 26.6 Å². The first kappa shape index (κ1) is 13.3. The highest BCUT2D eigenvalue weighted by molar-refractivity contribution is 5.90. The van der Waals surface area contributed by atoms with Gasteiger partial charge in [-0.25, -0.2) is 0 Å². The maximum atomic E-state index is 12.1. The molecule has 5 heteroatoms. The first-order valence-corrected chi connectivity index (χ1v) is 6.93. The summed E-state index contributed by atoms with van der Waals surface area (Å²) in [5.41, 5.74) is 0. The number of likely N-dealkylation sites (N-methyl/N-ethyl adjacent to an activating group) is 1. The number of rotatable bonds is 4. The molecule has 0 aromatic heterocycles. The summed E-state index contributed by atoms with van der Waals surface area (Å²) >= 11 is 0. The molecule has 102 valence electrons. The lowest BCUT2D eigenvalue weighted by atomic mass is 10.1. The van der Waals surface area contributed by atoms with E-state index in [9.17, 15) is 9.59 Å².